The zero-order valence-corrected chi connectivity index (χ0v) is 15.6. The number of nitrogens with zero attached hydrogens (tertiary/aromatic N) is 5. The summed E-state index contributed by atoms with van der Waals surface area (Å²) < 4.78 is 5.46. The molecule has 4 bridgehead atoms. The van der Waals surface area contributed by atoms with Crippen LogP contribution in [0.2, 0.25) is 0 Å². The molecule has 27 heavy (non-hydrogen) atoms. The van der Waals surface area contributed by atoms with Crippen LogP contribution >= 0.6 is 0 Å². The van der Waals surface area contributed by atoms with Crippen molar-refractivity contribution >= 4 is 0 Å². The minimum Gasteiger partial charge on any atom is -0.395 e. The summed E-state index contributed by atoms with van der Waals surface area (Å²) in [5.41, 5.74) is 1.04. The number of hydrogen-bond acceptors (Lipinski definition) is 7. The maximum absolute atomic E-state index is 9.58. The van der Waals surface area contributed by atoms with E-state index in [2.05, 4.69) is 25.0 Å². The highest BCUT2D eigenvalue weighted by atomic mass is 16.5. The first-order chi connectivity index (χ1) is 13.2. The maximum Gasteiger partial charge on any atom is 0.241 e. The third-order valence-corrected chi connectivity index (χ3v) is 6.76. The molecule has 0 radical (unpaired) electrons. The van der Waals surface area contributed by atoms with E-state index in [0.717, 1.165) is 24.3 Å². The van der Waals surface area contributed by atoms with Gasteiger partial charge in [0.2, 0.25) is 11.7 Å². The lowest BCUT2D eigenvalue weighted by Gasteiger charge is -2.57. The molecule has 0 unspecified atom stereocenters. The fourth-order valence-corrected chi connectivity index (χ4v) is 6.34. The molecule has 144 valence electrons. The van der Waals surface area contributed by atoms with Crippen LogP contribution in [0.3, 0.4) is 0 Å². The van der Waals surface area contributed by atoms with Crippen molar-refractivity contribution in [3.05, 3.63) is 24.5 Å². The van der Waals surface area contributed by atoms with E-state index < -0.39 is 0 Å². The Balaban J connectivity index is 1.30. The molecule has 7 nitrogen and oxygen atoms in total. The Hall–Kier alpha value is -1.86. The maximum atomic E-state index is 9.58. The number of rotatable bonds is 7. The van der Waals surface area contributed by atoms with Gasteiger partial charge in [-0.1, -0.05) is 5.16 Å². The largest absolute Gasteiger partial charge is 0.395 e. The fraction of sp³-hybridized carbons (Fsp3) is 0.700. The highest BCUT2D eigenvalue weighted by Gasteiger charge is 2.51. The van der Waals surface area contributed by atoms with Crippen molar-refractivity contribution in [2.45, 2.75) is 45.1 Å². The van der Waals surface area contributed by atoms with Gasteiger partial charge in [0.05, 0.1) is 19.3 Å². The standard InChI is InChI=1S/C20H27N5O2/c26-4-3-25(12-18-23-19(24-27-18)17-11-21-1-2-22-17)13-20-8-14-5-15(9-20)7-16(6-14)10-20/h1-2,11,14-16,26H,3-10,12-13H2. The molecule has 4 fully saturated rings. The molecule has 2 heterocycles. The summed E-state index contributed by atoms with van der Waals surface area (Å²) in [5, 5.41) is 13.6. The van der Waals surface area contributed by atoms with Crippen molar-refractivity contribution in [3.8, 4) is 11.5 Å². The van der Waals surface area contributed by atoms with E-state index in [4.69, 9.17) is 4.52 Å². The SMILES string of the molecule is OCCN(Cc1nc(-c2cnccn2)no1)CC12CC3CC(CC(C3)C1)C2. The van der Waals surface area contributed by atoms with Crippen molar-refractivity contribution in [2.24, 2.45) is 23.2 Å². The lowest BCUT2D eigenvalue weighted by molar-refractivity contribution is -0.0723. The molecule has 0 saturated heterocycles. The third kappa shape index (κ3) is 3.50. The van der Waals surface area contributed by atoms with Gasteiger partial charge in [0, 0.05) is 25.5 Å². The topological polar surface area (TPSA) is 88.2 Å². The van der Waals surface area contributed by atoms with E-state index in [1.165, 1.54) is 38.5 Å². The second kappa shape index (κ2) is 6.95. The Bertz CT molecular complexity index is 742. The second-order valence-corrected chi connectivity index (χ2v) is 8.95. The monoisotopic (exact) mass is 369 g/mol. The molecule has 0 aliphatic heterocycles. The van der Waals surface area contributed by atoms with Crippen LogP contribution in [-0.4, -0.2) is 49.8 Å². The van der Waals surface area contributed by atoms with E-state index in [1.807, 2.05) is 0 Å². The highest BCUT2D eigenvalue weighted by Crippen LogP contribution is 2.60. The van der Waals surface area contributed by atoms with Crippen LogP contribution in [0.15, 0.2) is 23.1 Å². The lowest BCUT2D eigenvalue weighted by atomic mass is 9.49. The first-order valence-corrected chi connectivity index (χ1v) is 10.1. The smallest absolute Gasteiger partial charge is 0.241 e. The predicted octanol–water partition coefficient (Wildman–Crippen LogP) is 2.54. The van der Waals surface area contributed by atoms with Gasteiger partial charge >= 0.3 is 0 Å². The van der Waals surface area contributed by atoms with Crippen LogP contribution in [0.25, 0.3) is 11.5 Å². The molecular weight excluding hydrogens is 342 g/mol. The number of aromatic nitrogens is 4. The first-order valence-electron chi connectivity index (χ1n) is 10.1. The third-order valence-electron chi connectivity index (χ3n) is 6.76. The Labute approximate surface area is 159 Å². The van der Waals surface area contributed by atoms with Crippen molar-refractivity contribution < 1.29 is 9.63 Å². The minimum atomic E-state index is 0.150. The van der Waals surface area contributed by atoms with E-state index in [9.17, 15) is 5.11 Å². The Morgan fingerprint density at radius 2 is 1.85 bits per heavy atom. The van der Waals surface area contributed by atoms with Gasteiger partial charge in [-0.05, 0) is 61.7 Å². The van der Waals surface area contributed by atoms with Gasteiger partial charge in [0.1, 0.15) is 5.69 Å². The van der Waals surface area contributed by atoms with Gasteiger partial charge in [-0.25, -0.2) is 4.98 Å². The van der Waals surface area contributed by atoms with Crippen LogP contribution in [-0.2, 0) is 6.54 Å². The molecular formula is C20H27N5O2. The molecule has 0 atom stereocenters. The zero-order chi connectivity index (χ0) is 18.3. The average molecular weight is 369 g/mol. The van der Waals surface area contributed by atoms with Crippen LogP contribution in [0.5, 0.6) is 0 Å². The molecule has 4 aliphatic rings. The summed E-state index contributed by atoms with van der Waals surface area (Å²) in [6, 6.07) is 0. The molecule has 1 N–H and O–H groups in total. The van der Waals surface area contributed by atoms with Crippen molar-refractivity contribution in [2.75, 3.05) is 19.7 Å². The zero-order valence-electron chi connectivity index (χ0n) is 15.6. The quantitative estimate of drug-likeness (QED) is 0.802. The molecule has 2 aromatic heterocycles. The summed E-state index contributed by atoms with van der Waals surface area (Å²) in [6.07, 6.45) is 13.3. The van der Waals surface area contributed by atoms with Gasteiger partial charge in [-0.15, -0.1) is 0 Å². The van der Waals surface area contributed by atoms with Gasteiger partial charge < -0.3 is 9.63 Å². The van der Waals surface area contributed by atoms with Gasteiger partial charge in [-0.3, -0.25) is 9.88 Å². The summed E-state index contributed by atoms with van der Waals surface area (Å²) >= 11 is 0. The molecule has 0 aromatic carbocycles. The molecule has 0 amide bonds. The van der Waals surface area contributed by atoms with Gasteiger partial charge in [0.15, 0.2) is 0 Å². The fourth-order valence-electron chi connectivity index (χ4n) is 6.34. The number of aliphatic hydroxyl groups excluding tert-OH is 1. The summed E-state index contributed by atoms with van der Waals surface area (Å²) in [7, 11) is 0. The minimum absolute atomic E-state index is 0.150. The normalized spacial score (nSPS) is 31.7. The first kappa shape index (κ1) is 17.3. The number of aliphatic hydroxyl groups is 1. The molecule has 6 rings (SSSR count). The van der Waals surface area contributed by atoms with E-state index in [-0.39, 0.29) is 6.61 Å². The molecule has 2 aromatic rings. The molecule has 4 saturated carbocycles. The number of hydrogen-bond donors (Lipinski definition) is 1. The summed E-state index contributed by atoms with van der Waals surface area (Å²) in [5.74, 6) is 3.84. The van der Waals surface area contributed by atoms with E-state index >= 15 is 0 Å². The lowest BCUT2D eigenvalue weighted by Crippen LogP contribution is -2.51. The van der Waals surface area contributed by atoms with Crippen molar-refractivity contribution in [3.63, 3.8) is 0 Å². The van der Waals surface area contributed by atoms with E-state index in [0.29, 0.717) is 35.9 Å². The van der Waals surface area contributed by atoms with Gasteiger partial charge in [-0.2, -0.15) is 4.98 Å². The van der Waals surface area contributed by atoms with Crippen molar-refractivity contribution in [1.82, 2.24) is 25.0 Å². The Kier molecular flexibility index (Phi) is 4.44. The molecule has 7 heteroatoms. The molecule has 4 aliphatic carbocycles. The Morgan fingerprint density at radius 3 is 2.48 bits per heavy atom. The van der Waals surface area contributed by atoms with Crippen LogP contribution < -0.4 is 0 Å². The van der Waals surface area contributed by atoms with Gasteiger partial charge in [0.25, 0.3) is 0 Å². The average Bonchev–Trinajstić information content (AvgIpc) is 3.10. The van der Waals surface area contributed by atoms with Crippen LogP contribution in [0.1, 0.15) is 44.4 Å². The van der Waals surface area contributed by atoms with Crippen molar-refractivity contribution in [1.29, 1.82) is 0 Å². The molecule has 0 spiro atoms. The summed E-state index contributed by atoms with van der Waals surface area (Å²) in [6.45, 7) is 2.40. The second-order valence-electron chi connectivity index (χ2n) is 8.95. The van der Waals surface area contributed by atoms with Crippen LogP contribution in [0.4, 0.5) is 0 Å². The Morgan fingerprint density at radius 1 is 1.11 bits per heavy atom. The van der Waals surface area contributed by atoms with E-state index in [1.54, 1.807) is 18.6 Å². The van der Waals surface area contributed by atoms with Crippen LogP contribution in [0, 0.1) is 23.2 Å². The highest BCUT2D eigenvalue weighted by molar-refractivity contribution is 5.45. The predicted molar refractivity (Wildman–Crippen MR) is 98.3 cm³/mol. The summed E-state index contributed by atoms with van der Waals surface area (Å²) in [4.78, 5) is 15.1.